The molecule has 0 saturated carbocycles. The Labute approximate surface area is 86.3 Å². The predicted molar refractivity (Wildman–Crippen MR) is 55.5 cm³/mol. The maximum absolute atomic E-state index is 10.7. The molecule has 0 atom stereocenters. The molecule has 76 valence electrons. The molecule has 2 rings (SSSR count). The van der Waals surface area contributed by atoms with E-state index < -0.39 is 0 Å². The summed E-state index contributed by atoms with van der Waals surface area (Å²) in [5.74, 6) is 0. The van der Waals surface area contributed by atoms with Crippen molar-refractivity contribution in [1.82, 2.24) is 0 Å². The van der Waals surface area contributed by atoms with Gasteiger partial charge in [0.25, 0.3) is 5.69 Å². The van der Waals surface area contributed by atoms with Gasteiger partial charge in [-0.2, -0.15) is 0 Å². The van der Waals surface area contributed by atoms with E-state index in [4.69, 9.17) is 4.42 Å². The van der Waals surface area contributed by atoms with E-state index >= 15 is 0 Å². The van der Waals surface area contributed by atoms with Crippen LogP contribution in [0.5, 0.6) is 0 Å². The first-order valence-corrected chi connectivity index (χ1v) is 4.46. The van der Waals surface area contributed by atoms with Crippen LogP contribution in [0.4, 0.5) is 5.69 Å². The summed E-state index contributed by atoms with van der Waals surface area (Å²) in [6.07, 6.45) is 3.11. The van der Waals surface area contributed by atoms with Crippen LogP contribution in [0.1, 0.15) is 5.56 Å². The molecule has 0 bridgehead atoms. The summed E-state index contributed by atoms with van der Waals surface area (Å²) < 4.78 is 4.93. The Kier molecular flexibility index (Phi) is 2.25. The molecule has 0 spiro atoms. The van der Waals surface area contributed by atoms with Crippen LogP contribution in [-0.2, 0) is 0 Å². The minimum Gasteiger partial charge on any atom is -0.472 e. The van der Waals surface area contributed by atoms with E-state index in [1.165, 1.54) is 0 Å². The Hall–Kier alpha value is -2.10. The number of nitro benzene ring substituents is 1. The maximum Gasteiger partial charge on any atom is 0.272 e. The normalized spacial score (nSPS) is 10.2. The van der Waals surface area contributed by atoms with Gasteiger partial charge in [0.15, 0.2) is 0 Å². The molecular weight excluding hydrogens is 194 g/mol. The van der Waals surface area contributed by atoms with Crippen molar-refractivity contribution in [3.8, 4) is 11.1 Å². The molecule has 0 unspecified atom stereocenters. The van der Waals surface area contributed by atoms with Gasteiger partial charge in [-0.25, -0.2) is 0 Å². The summed E-state index contributed by atoms with van der Waals surface area (Å²) >= 11 is 0. The number of benzene rings is 1. The van der Waals surface area contributed by atoms with Crippen molar-refractivity contribution < 1.29 is 9.34 Å². The lowest BCUT2D eigenvalue weighted by Crippen LogP contribution is -1.91. The van der Waals surface area contributed by atoms with Gasteiger partial charge in [-0.3, -0.25) is 10.1 Å². The van der Waals surface area contributed by atoms with Crippen molar-refractivity contribution >= 4 is 5.69 Å². The Morgan fingerprint density at radius 2 is 2.07 bits per heavy atom. The van der Waals surface area contributed by atoms with E-state index in [1.807, 2.05) is 6.07 Å². The lowest BCUT2D eigenvalue weighted by molar-refractivity contribution is -0.385. The molecule has 1 aromatic carbocycles. The summed E-state index contributed by atoms with van der Waals surface area (Å²) in [5, 5.41) is 10.7. The van der Waals surface area contributed by atoms with Crippen molar-refractivity contribution in [2.24, 2.45) is 0 Å². The van der Waals surface area contributed by atoms with E-state index in [-0.39, 0.29) is 10.6 Å². The van der Waals surface area contributed by atoms with Gasteiger partial charge in [0, 0.05) is 17.2 Å². The van der Waals surface area contributed by atoms with E-state index in [1.54, 1.807) is 37.6 Å². The number of furan rings is 1. The van der Waals surface area contributed by atoms with Crippen LogP contribution in [0.2, 0.25) is 0 Å². The third-order valence-electron chi connectivity index (χ3n) is 2.26. The minimum absolute atomic E-state index is 0.133. The summed E-state index contributed by atoms with van der Waals surface area (Å²) in [7, 11) is 0. The van der Waals surface area contributed by atoms with Crippen LogP contribution < -0.4 is 0 Å². The first-order chi connectivity index (χ1) is 7.18. The van der Waals surface area contributed by atoms with Gasteiger partial charge < -0.3 is 4.42 Å². The van der Waals surface area contributed by atoms with Crippen LogP contribution in [0, 0.1) is 17.0 Å². The van der Waals surface area contributed by atoms with Gasteiger partial charge in [0.05, 0.1) is 17.4 Å². The van der Waals surface area contributed by atoms with Crippen LogP contribution >= 0.6 is 0 Å². The lowest BCUT2D eigenvalue weighted by Gasteiger charge is -2.00. The van der Waals surface area contributed by atoms with Gasteiger partial charge in [-0.05, 0) is 18.6 Å². The van der Waals surface area contributed by atoms with Crippen LogP contribution in [0.3, 0.4) is 0 Å². The Balaban J connectivity index is 2.52. The average Bonchev–Trinajstić information content (AvgIpc) is 2.71. The molecule has 0 N–H and O–H groups in total. The summed E-state index contributed by atoms with van der Waals surface area (Å²) in [5.41, 5.74) is 2.43. The Morgan fingerprint density at radius 1 is 1.27 bits per heavy atom. The molecule has 4 nitrogen and oxygen atoms in total. The second-order valence-electron chi connectivity index (χ2n) is 3.27. The molecular formula is C11H9NO3. The molecule has 0 aliphatic carbocycles. The van der Waals surface area contributed by atoms with Crippen molar-refractivity contribution in [2.45, 2.75) is 6.92 Å². The van der Waals surface area contributed by atoms with Crippen LogP contribution in [0.15, 0.2) is 41.2 Å². The van der Waals surface area contributed by atoms with E-state index in [0.717, 1.165) is 11.1 Å². The number of hydrogen-bond acceptors (Lipinski definition) is 3. The predicted octanol–water partition coefficient (Wildman–Crippen LogP) is 3.16. The second-order valence-corrected chi connectivity index (χ2v) is 3.27. The largest absolute Gasteiger partial charge is 0.472 e. The highest BCUT2D eigenvalue weighted by atomic mass is 16.6. The Bertz CT molecular complexity index is 489. The van der Waals surface area contributed by atoms with Crippen molar-refractivity contribution in [1.29, 1.82) is 0 Å². The molecule has 1 heterocycles. The van der Waals surface area contributed by atoms with E-state index in [0.29, 0.717) is 5.56 Å². The highest BCUT2D eigenvalue weighted by Crippen LogP contribution is 2.26. The third-order valence-corrected chi connectivity index (χ3v) is 2.26. The molecule has 0 saturated heterocycles. The van der Waals surface area contributed by atoms with Gasteiger partial charge in [0.2, 0.25) is 0 Å². The van der Waals surface area contributed by atoms with Gasteiger partial charge >= 0.3 is 0 Å². The molecule has 0 aliphatic rings. The smallest absolute Gasteiger partial charge is 0.272 e. The second kappa shape index (κ2) is 3.57. The number of nitrogens with zero attached hydrogens (tertiary/aromatic N) is 1. The van der Waals surface area contributed by atoms with Gasteiger partial charge in [-0.15, -0.1) is 0 Å². The zero-order valence-electron chi connectivity index (χ0n) is 8.14. The lowest BCUT2D eigenvalue weighted by atomic mass is 10.1. The van der Waals surface area contributed by atoms with Crippen molar-refractivity contribution in [3.63, 3.8) is 0 Å². The minimum atomic E-state index is -0.376. The molecule has 0 radical (unpaired) electrons. The summed E-state index contributed by atoms with van der Waals surface area (Å²) in [6.45, 7) is 1.72. The van der Waals surface area contributed by atoms with Crippen LogP contribution in [0.25, 0.3) is 11.1 Å². The van der Waals surface area contributed by atoms with Crippen molar-refractivity contribution in [2.75, 3.05) is 0 Å². The molecule has 0 aliphatic heterocycles. The highest BCUT2D eigenvalue weighted by Gasteiger charge is 2.11. The zero-order valence-corrected chi connectivity index (χ0v) is 8.14. The molecule has 4 heteroatoms. The molecule has 0 fully saturated rings. The number of rotatable bonds is 2. The van der Waals surface area contributed by atoms with E-state index in [9.17, 15) is 10.1 Å². The van der Waals surface area contributed by atoms with Gasteiger partial charge in [0.1, 0.15) is 0 Å². The van der Waals surface area contributed by atoms with Gasteiger partial charge in [-0.1, -0.05) is 12.1 Å². The fourth-order valence-corrected chi connectivity index (χ4v) is 1.41. The topological polar surface area (TPSA) is 56.3 Å². The average molecular weight is 203 g/mol. The molecule has 2 aromatic rings. The zero-order chi connectivity index (χ0) is 10.8. The first kappa shape index (κ1) is 9.45. The number of hydrogen-bond donors (Lipinski definition) is 0. The number of aryl methyl sites for hydroxylation is 1. The highest BCUT2D eigenvalue weighted by molar-refractivity contribution is 5.66. The molecule has 0 amide bonds. The summed E-state index contributed by atoms with van der Waals surface area (Å²) in [6, 6.07) is 6.90. The fraction of sp³-hybridized carbons (Fsp3) is 0.0909. The Morgan fingerprint density at radius 3 is 2.67 bits per heavy atom. The molecule has 1 aromatic heterocycles. The SMILES string of the molecule is Cc1ccc(-c2ccoc2)cc1[N+](=O)[O-]. The maximum atomic E-state index is 10.7. The number of nitro groups is 1. The first-order valence-electron chi connectivity index (χ1n) is 4.46. The summed E-state index contributed by atoms with van der Waals surface area (Å²) in [4.78, 5) is 10.3. The fourth-order valence-electron chi connectivity index (χ4n) is 1.41. The van der Waals surface area contributed by atoms with E-state index in [2.05, 4.69) is 0 Å². The quantitative estimate of drug-likeness (QED) is 0.556. The third kappa shape index (κ3) is 1.74. The molecule has 15 heavy (non-hydrogen) atoms. The van der Waals surface area contributed by atoms with Crippen molar-refractivity contribution in [3.05, 3.63) is 52.5 Å². The van der Waals surface area contributed by atoms with Crippen LogP contribution in [-0.4, -0.2) is 4.92 Å². The monoisotopic (exact) mass is 203 g/mol. The standard InChI is InChI=1S/C11H9NO3/c1-8-2-3-9(6-11(8)12(13)14)10-4-5-15-7-10/h2-7H,1H3.